The van der Waals surface area contributed by atoms with Crippen LogP contribution in [0.4, 0.5) is 13.2 Å². The summed E-state index contributed by atoms with van der Waals surface area (Å²) in [5.41, 5.74) is -0.163. The SMILES string of the molecule is O=C(O)CC(c1cncc(Br)c1)C(F)(F)F. The van der Waals surface area contributed by atoms with E-state index < -0.39 is 24.5 Å². The van der Waals surface area contributed by atoms with Gasteiger partial charge in [-0.25, -0.2) is 0 Å². The van der Waals surface area contributed by atoms with Crippen LogP contribution in [0, 0.1) is 0 Å². The Bertz CT molecular complexity index is 395. The second-order valence-corrected chi connectivity index (χ2v) is 4.04. The molecule has 16 heavy (non-hydrogen) atoms. The number of hydrogen-bond donors (Lipinski definition) is 1. The Morgan fingerprint density at radius 1 is 1.50 bits per heavy atom. The van der Waals surface area contributed by atoms with Crippen molar-refractivity contribution in [2.75, 3.05) is 0 Å². The second-order valence-electron chi connectivity index (χ2n) is 3.13. The highest BCUT2D eigenvalue weighted by atomic mass is 79.9. The number of alkyl halides is 3. The molecule has 3 nitrogen and oxygen atoms in total. The molecule has 0 aliphatic rings. The van der Waals surface area contributed by atoms with Crippen LogP contribution in [0.3, 0.4) is 0 Å². The van der Waals surface area contributed by atoms with Crippen molar-refractivity contribution in [3.63, 3.8) is 0 Å². The first kappa shape index (κ1) is 13.0. The molecule has 1 aromatic rings. The molecule has 0 aromatic carbocycles. The fraction of sp³-hybridized carbons (Fsp3) is 0.333. The Labute approximate surface area is 97.4 Å². The minimum absolute atomic E-state index is 0.163. The van der Waals surface area contributed by atoms with E-state index in [1.54, 1.807) is 0 Å². The van der Waals surface area contributed by atoms with Gasteiger partial charge in [-0.2, -0.15) is 13.2 Å². The summed E-state index contributed by atoms with van der Waals surface area (Å²) in [6.07, 6.45) is -3.24. The van der Waals surface area contributed by atoms with E-state index in [4.69, 9.17) is 5.11 Å². The summed E-state index contributed by atoms with van der Waals surface area (Å²) in [5.74, 6) is -3.53. The normalized spacial score (nSPS) is 13.5. The van der Waals surface area contributed by atoms with E-state index in [1.165, 1.54) is 12.3 Å². The molecule has 0 fully saturated rings. The molecular formula is C9H7BrF3NO2. The highest BCUT2D eigenvalue weighted by Crippen LogP contribution is 2.37. The Morgan fingerprint density at radius 2 is 2.12 bits per heavy atom. The van der Waals surface area contributed by atoms with Gasteiger partial charge >= 0.3 is 12.1 Å². The Morgan fingerprint density at radius 3 is 2.56 bits per heavy atom. The fourth-order valence-corrected chi connectivity index (χ4v) is 1.60. The summed E-state index contributed by atoms with van der Waals surface area (Å²) in [7, 11) is 0. The Balaban J connectivity index is 3.06. The van der Waals surface area contributed by atoms with Crippen molar-refractivity contribution < 1.29 is 23.1 Å². The number of hydrogen-bond acceptors (Lipinski definition) is 2. The molecule has 0 aliphatic heterocycles. The molecule has 7 heteroatoms. The monoisotopic (exact) mass is 297 g/mol. The molecule has 1 aromatic heterocycles. The Kier molecular flexibility index (Phi) is 3.90. The third kappa shape index (κ3) is 3.48. The van der Waals surface area contributed by atoms with Crippen molar-refractivity contribution in [2.45, 2.75) is 18.5 Å². The fourth-order valence-electron chi connectivity index (χ4n) is 1.22. The van der Waals surface area contributed by atoms with Crippen LogP contribution in [0.5, 0.6) is 0 Å². The quantitative estimate of drug-likeness (QED) is 0.933. The van der Waals surface area contributed by atoms with E-state index in [0.29, 0.717) is 4.47 Å². The van der Waals surface area contributed by atoms with Gasteiger partial charge in [0.2, 0.25) is 0 Å². The number of carboxylic acids is 1. The van der Waals surface area contributed by atoms with E-state index in [2.05, 4.69) is 20.9 Å². The zero-order valence-electron chi connectivity index (χ0n) is 7.83. The number of aliphatic carboxylic acids is 1. The lowest BCUT2D eigenvalue weighted by molar-refractivity contribution is -0.163. The van der Waals surface area contributed by atoms with Gasteiger partial charge in [0.1, 0.15) is 0 Å². The maximum atomic E-state index is 12.6. The summed E-state index contributed by atoms with van der Waals surface area (Å²) in [5, 5.41) is 8.45. The zero-order valence-corrected chi connectivity index (χ0v) is 9.42. The van der Waals surface area contributed by atoms with Gasteiger partial charge in [0.15, 0.2) is 0 Å². The molecule has 0 bridgehead atoms. The van der Waals surface area contributed by atoms with E-state index in [0.717, 1.165) is 6.20 Å². The predicted octanol–water partition coefficient (Wildman–Crippen LogP) is 2.96. The first-order valence-electron chi connectivity index (χ1n) is 4.19. The summed E-state index contributed by atoms with van der Waals surface area (Å²) >= 11 is 2.99. The van der Waals surface area contributed by atoms with Crippen molar-refractivity contribution in [1.82, 2.24) is 4.98 Å². The largest absolute Gasteiger partial charge is 0.481 e. The van der Waals surface area contributed by atoms with Crippen molar-refractivity contribution >= 4 is 21.9 Å². The molecule has 0 spiro atoms. The number of carboxylic acid groups (broad SMARTS) is 1. The molecular weight excluding hydrogens is 291 g/mol. The average molecular weight is 298 g/mol. The molecule has 1 atom stereocenters. The van der Waals surface area contributed by atoms with Gasteiger partial charge in [0.05, 0.1) is 12.3 Å². The van der Waals surface area contributed by atoms with Gasteiger partial charge in [-0.3, -0.25) is 9.78 Å². The second kappa shape index (κ2) is 4.82. The zero-order chi connectivity index (χ0) is 12.3. The molecule has 1 heterocycles. The summed E-state index contributed by atoms with van der Waals surface area (Å²) < 4.78 is 38.2. The highest BCUT2D eigenvalue weighted by molar-refractivity contribution is 9.10. The molecule has 1 N–H and O–H groups in total. The highest BCUT2D eigenvalue weighted by Gasteiger charge is 2.42. The van der Waals surface area contributed by atoms with Crippen LogP contribution in [0.2, 0.25) is 0 Å². The van der Waals surface area contributed by atoms with E-state index >= 15 is 0 Å². The smallest absolute Gasteiger partial charge is 0.396 e. The summed E-state index contributed by atoms with van der Waals surface area (Å²) in [6, 6.07) is 1.22. The molecule has 0 saturated carbocycles. The van der Waals surface area contributed by atoms with Gasteiger partial charge in [0.25, 0.3) is 0 Å². The topological polar surface area (TPSA) is 50.2 Å². The maximum absolute atomic E-state index is 12.6. The molecule has 0 radical (unpaired) electrons. The van der Waals surface area contributed by atoms with Gasteiger partial charge in [-0.05, 0) is 27.6 Å². The molecule has 88 valence electrons. The number of rotatable bonds is 3. The van der Waals surface area contributed by atoms with E-state index in [1.807, 2.05) is 0 Å². The van der Waals surface area contributed by atoms with Crippen molar-refractivity contribution in [3.05, 3.63) is 28.5 Å². The third-order valence-electron chi connectivity index (χ3n) is 1.90. The number of halogens is 4. The van der Waals surface area contributed by atoms with Crippen LogP contribution >= 0.6 is 15.9 Å². The van der Waals surface area contributed by atoms with Crippen LogP contribution in [0.1, 0.15) is 17.9 Å². The summed E-state index contributed by atoms with van der Waals surface area (Å²) in [4.78, 5) is 14.0. The first-order valence-corrected chi connectivity index (χ1v) is 4.99. The van der Waals surface area contributed by atoms with Crippen molar-refractivity contribution in [3.8, 4) is 0 Å². The molecule has 0 saturated heterocycles. The lowest BCUT2D eigenvalue weighted by Crippen LogP contribution is -2.23. The van der Waals surface area contributed by atoms with E-state index in [-0.39, 0.29) is 5.56 Å². The van der Waals surface area contributed by atoms with Crippen LogP contribution in [0.15, 0.2) is 22.9 Å². The van der Waals surface area contributed by atoms with Crippen LogP contribution in [-0.4, -0.2) is 22.2 Å². The van der Waals surface area contributed by atoms with Crippen LogP contribution in [-0.2, 0) is 4.79 Å². The predicted molar refractivity (Wildman–Crippen MR) is 53.0 cm³/mol. The van der Waals surface area contributed by atoms with Crippen LogP contribution in [0.25, 0.3) is 0 Å². The minimum atomic E-state index is -4.60. The standard InChI is InChI=1S/C9H7BrF3NO2/c10-6-1-5(3-14-4-6)7(2-8(15)16)9(11,12)13/h1,3-4,7H,2H2,(H,15,16). The maximum Gasteiger partial charge on any atom is 0.396 e. The van der Waals surface area contributed by atoms with E-state index in [9.17, 15) is 18.0 Å². The van der Waals surface area contributed by atoms with Gasteiger partial charge in [-0.15, -0.1) is 0 Å². The van der Waals surface area contributed by atoms with Gasteiger partial charge in [-0.1, -0.05) is 0 Å². The number of pyridine rings is 1. The molecule has 1 rings (SSSR count). The van der Waals surface area contributed by atoms with Gasteiger partial charge in [0, 0.05) is 16.9 Å². The first-order chi connectivity index (χ1) is 7.30. The van der Waals surface area contributed by atoms with Gasteiger partial charge < -0.3 is 5.11 Å². The average Bonchev–Trinajstić information content (AvgIpc) is 2.12. The third-order valence-corrected chi connectivity index (χ3v) is 2.34. The Hall–Kier alpha value is -1.11. The lowest BCUT2D eigenvalue weighted by Gasteiger charge is -2.18. The number of carbonyl (C=O) groups is 1. The lowest BCUT2D eigenvalue weighted by atomic mass is 9.97. The molecule has 0 amide bonds. The number of aromatic nitrogens is 1. The minimum Gasteiger partial charge on any atom is -0.481 e. The van der Waals surface area contributed by atoms with Crippen LogP contribution < -0.4 is 0 Å². The molecule has 1 unspecified atom stereocenters. The molecule has 0 aliphatic carbocycles. The number of nitrogens with zero attached hydrogens (tertiary/aromatic N) is 1. The van der Waals surface area contributed by atoms with Crippen molar-refractivity contribution in [1.29, 1.82) is 0 Å². The van der Waals surface area contributed by atoms with Crippen molar-refractivity contribution in [2.24, 2.45) is 0 Å². The summed E-state index contributed by atoms with van der Waals surface area (Å²) in [6.45, 7) is 0.